The molecule has 38 heavy (non-hydrogen) atoms. The molecule has 3 N–H and O–H groups in total. The minimum absolute atomic E-state index is 0.00865. The Labute approximate surface area is 230 Å². The van der Waals surface area contributed by atoms with E-state index in [-0.39, 0.29) is 52.0 Å². The number of allylic oxidation sites excluding steroid dienone is 1. The number of hydrogen-bond donors (Lipinski definition) is 2. The zero-order valence-electron chi connectivity index (χ0n) is 25.3. The number of carbonyl (C=O) groups is 2. The van der Waals surface area contributed by atoms with Crippen molar-refractivity contribution in [2.24, 2.45) is 56.5 Å². The van der Waals surface area contributed by atoms with Crippen LogP contribution in [0.3, 0.4) is 0 Å². The Balaban J connectivity index is 1.57. The van der Waals surface area contributed by atoms with Crippen LogP contribution in [0, 0.1) is 50.7 Å². The first-order chi connectivity index (χ1) is 17.6. The lowest BCUT2D eigenvalue weighted by atomic mass is 9.33. The molecule has 0 spiro atoms. The highest BCUT2D eigenvalue weighted by Crippen LogP contribution is 2.77. The summed E-state index contributed by atoms with van der Waals surface area (Å²) in [6, 6.07) is 0. The fourth-order valence-electron chi connectivity index (χ4n) is 11.7. The molecule has 0 radical (unpaired) electrons. The summed E-state index contributed by atoms with van der Waals surface area (Å²) in [6.45, 7) is 18.4. The predicted octanol–water partition coefficient (Wildman–Crippen LogP) is 6.22. The van der Waals surface area contributed by atoms with Gasteiger partial charge in [-0.05, 0) is 96.9 Å². The van der Waals surface area contributed by atoms with E-state index in [1.165, 1.54) is 12.0 Å². The van der Waals surface area contributed by atoms with Crippen molar-refractivity contribution in [3.8, 4) is 0 Å². The van der Waals surface area contributed by atoms with Crippen molar-refractivity contribution >= 4 is 11.8 Å². The van der Waals surface area contributed by atoms with Crippen molar-refractivity contribution in [3.63, 3.8) is 0 Å². The quantitative estimate of drug-likeness (QED) is 0.424. The third-order valence-corrected chi connectivity index (χ3v) is 13.6. The molecule has 4 unspecified atom stereocenters. The van der Waals surface area contributed by atoms with Gasteiger partial charge in [0.1, 0.15) is 6.10 Å². The number of fused-ring (bicyclic) bond motifs is 7. The highest BCUT2D eigenvalue weighted by Gasteiger charge is 2.70. The van der Waals surface area contributed by atoms with Gasteiger partial charge >= 0.3 is 5.97 Å². The first-order valence-corrected chi connectivity index (χ1v) is 15.4. The molecule has 4 saturated carbocycles. The number of nitrogens with two attached hydrogens (primary N) is 1. The van der Waals surface area contributed by atoms with Gasteiger partial charge in [0.25, 0.3) is 0 Å². The maximum Gasteiger partial charge on any atom is 0.302 e. The maximum absolute atomic E-state index is 13.5. The molecule has 5 rings (SSSR count). The average Bonchev–Trinajstić information content (AvgIpc) is 3.14. The van der Waals surface area contributed by atoms with Gasteiger partial charge in [0, 0.05) is 30.7 Å². The summed E-state index contributed by atoms with van der Waals surface area (Å²) in [6.07, 6.45) is 8.30. The fraction of sp³-hybridized carbons (Fsp3) is 0.879. The first kappa shape index (κ1) is 28.3. The Hall–Kier alpha value is -1.20. The molecule has 0 aromatic heterocycles. The molecular weight excluding hydrogens is 474 g/mol. The molecule has 0 aliphatic heterocycles. The molecule has 214 valence electrons. The van der Waals surface area contributed by atoms with Gasteiger partial charge in [-0.25, -0.2) is 0 Å². The molecule has 5 nitrogen and oxygen atoms in total. The number of rotatable bonds is 4. The molecule has 5 heteroatoms. The number of ketones is 1. The Kier molecular flexibility index (Phi) is 6.63. The van der Waals surface area contributed by atoms with Gasteiger partial charge in [0.15, 0.2) is 5.78 Å². The SMILES string of the molecule is CC(=O)O[C@H]1CCC2(C)C(CC[C@]3(C)[C@@H]2CCC2C4=C(C(C)C)C(=O)C[C@]4(C(O)CN)CC[C@]23C)C1(C)C. The van der Waals surface area contributed by atoms with Crippen LogP contribution >= 0.6 is 0 Å². The lowest BCUT2D eigenvalue weighted by Gasteiger charge is -2.72. The summed E-state index contributed by atoms with van der Waals surface area (Å²) in [5.41, 5.74) is 8.34. The van der Waals surface area contributed by atoms with Crippen LogP contribution in [-0.2, 0) is 14.3 Å². The minimum atomic E-state index is -0.654. The normalized spacial score (nSPS) is 46.7. The highest BCUT2D eigenvalue weighted by molar-refractivity contribution is 6.00. The van der Waals surface area contributed by atoms with Gasteiger partial charge in [-0.3, -0.25) is 9.59 Å². The number of esters is 1. The van der Waals surface area contributed by atoms with Crippen molar-refractivity contribution in [2.75, 3.05) is 6.54 Å². The molecule has 0 bridgehead atoms. The number of aliphatic hydroxyl groups is 1. The molecule has 0 aromatic rings. The second-order valence-corrected chi connectivity index (χ2v) is 15.6. The van der Waals surface area contributed by atoms with E-state index in [0.29, 0.717) is 24.2 Å². The Morgan fingerprint density at radius 3 is 2.26 bits per heavy atom. The third-order valence-electron chi connectivity index (χ3n) is 13.6. The summed E-state index contributed by atoms with van der Waals surface area (Å²) < 4.78 is 5.89. The van der Waals surface area contributed by atoms with Crippen LogP contribution < -0.4 is 5.73 Å². The zero-order valence-corrected chi connectivity index (χ0v) is 25.3. The van der Waals surface area contributed by atoms with Crippen LogP contribution in [0.2, 0.25) is 0 Å². The second kappa shape index (κ2) is 8.90. The number of aliphatic hydroxyl groups excluding tert-OH is 1. The molecule has 4 fully saturated rings. The van der Waals surface area contributed by atoms with Gasteiger partial charge in [-0.2, -0.15) is 0 Å². The minimum Gasteiger partial charge on any atom is -0.462 e. The Bertz CT molecular complexity index is 1050. The van der Waals surface area contributed by atoms with E-state index in [4.69, 9.17) is 10.5 Å². The van der Waals surface area contributed by atoms with E-state index >= 15 is 0 Å². The maximum atomic E-state index is 13.5. The molecular formula is C33H53NO4. The summed E-state index contributed by atoms with van der Waals surface area (Å²) in [4.78, 5) is 25.4. The molecule has 0 saturated heterocycles. The predicted molar refractivity (Wildman–Crippen MR) is 150 cm³/mol. The molecule has 5 aliphatic carbocycles. The summed E-state index contributed by atoms with van der Waals surface area (Å²) in [7, 11) is 0. The second-order valence-electron chi connectivity index (χ2n) is 15.6. The monoisotopic (exact) mass is 527 g/mol. The van der Waals surface area contributed by atoms with Crippen molar-refractivity contribution in [3.05, 3.63) is 11.1 Å². The zero-order chi connectivity index (χ0) is 28.1. The first-order valence-electron chi connectivity index (χ1n) is 15.4. The van der Waals surface area contributed by atoms with Crippen LogP contribution in [0.5, 0.6) is 0 Å². The van der Waals surface area contributed by atoms with Gasteiger partial charge in [0.05, 0.1) is 6.10 Å². The van der Waals surface area contributed by atoms with Gasteiger partial charge in [-0.1, -0.05) is 54.0 Å². The van der Waals surface area contributed by atoms with Crippen LogP contribution in [0.15, 0.2) is 11.1 Å². The van der Waals surface area contributed by atoms with Gasteiger partial charge in [0.2, 0.25) is 0 Å². The van der Waals surface area contributed by atoms with Crippen molar-refractivity contribution in [1.29, 1.82) is 0 Å². The largest absolute Gasteiger partial charge is 0.462 e. The number of ether oxygens (including phenoxy) is 1. The van der Waals surface area contributed by atoms with Crippen LogP contribution in [0.1, 0.15) is 113 Å². The van der Waals surface area contributed by atoms with Crippen molar-refractivity contribution < 1.29 is 19.4 Å². The summed E-state index contributed by atoms with van der Waals surface area (Å²) >= 11 is 0. The van der Waals surface area contributed by atoms with E-state index in [2.05, 4.69) is 48.5 Å². The van der Waals surface area contributed by atoms with Gasteiger partial charge < -0.3 is 15.6 Å². The van der Waals surface area contributed by atoms with E-state index in [9.17, 15) is 14.7 Å². The van der Waals surface area contributed by atoms with E-state index < -0.39 is 11.5 Å². The third kappa shape index (κ3) is 3.49. The van der Waals surface area contributed by atoms with Crippen LogP contribution in [-0.4, -0.2) is 35.6 Å². The Morgan fingerprint density at radius 1 is 0.974 bits per heavy atom. The fourth-order valence-corrected chi connectivity index (χ4v) is 11.7. The standard InChI is InChI=1S/C33H53NO4/c1-19(2)27-22(36)17-33(25(37)18-34)16-15-31(7)21(28(27)33)9-10-24-30(6)13-12-26(38-20(3)35)29(4,5)23(30)11-14-32(24,31)8/h19,21,23-26,37H,9-18,34H2,1-8H3/t21?,23?,24-,25?,26+,30?,31-,32-,33+/m1/s1. The van der Waals surface area contributed by atoms with Crippen molar-refractivity contribution in [1.82, 2.24) is 0 Å². The van der Waals surface area contributed by atoms with E-state index in [1.54, 1.807) is 6.92 Å². The molecule has 0 heterocycles. The molecule has 5 aliphatic rings. The number of Topliss-reactive ketones (excluding diaryl/α,β-unsaturated/α-hetero) is 1. The molecule has 0 amide bonds. The summed E-state index contributed by atoms with van der Waals surface area (Å²) in [5.74, 6) is 1.70. The lowest BCUT2D eigenvalue weighted by Crippen LogP contribution is -2.66. The smallest absolute Gasteiger partial charge is 0.302 e. The Morgan fingerprint density at radius 2 is 1.66 bits per heavy atom. The van der Waals surface area contributed by atoms with E-state index in [0.717, 1.165) is 50.5 Å². The highest BCUT2D eigenvalue weighted by atomic mass is 16.5. The number of hydrogen-bond acceptors (Lipinski definition) is 5. The van der Waals surface area contributed by atoms with E-state index in [1.807, 2.05) is 0 Å². The summed E-state index contributed by atoms with van der Waals surface area (Å²) in [5, 5.41) is 11.3. The molecule has 0 aromatic carbocycles. The molecule has 9 atom stereocenters. The number of carbonyl (C=O) groups excluding carboxylic acids is 2. The van der Waals surface area contributed by atoms with Crippen LogP contribution in [0.4, 0.5) is 0 Å². The van der Waals surface area contributed by atoms with Crippen molar-refractivity contribution in [2.45, 2.75) is 125 Å². The topological polar surface area (TPSA) is 89.6 Å². The average molecular weight is 528 g/mol. The van der Waals surface area contributed by atoms with Gasteiger partial charge in [-0.15, -0.1) is 0 Å². The lowest BCUT2D eigenvalue weighted by molar-refractivity contribution is -0.234. The van der Waals surface area contributed by atoms with Crippen LogP contribution in [0.25, 0.3) is 0 Å².